The van der Waals surface area contributed by atoms with E-state index in [0.717, 1.165) is 81.6 Å². The highest BCUT2D eigenvalue weighted by Crippen LogP contribution is 2.48. The van der Waals surface area contributed by atoms with Crippen LogP contribution in [0.1, 0.15) is 62.8 Å². The van der Waals surface area contributed by atoms with Crippen LogP contribution in [0.2, 0.25) is 5.02 Å². The molecule has 1 aliphatic carbocycles. The maximum atomic E-state index is 16.5. The summed E-state index contributed by atoms with van der Waals surface area (Å²) >= 11 is 6.60. The summed E-state index contributed by atoms with van der Waals surface area (Å²) in [4.78, 5) is 19.2. The third-order valence-electron chi connectivity index (χ3n) is 9.73. The quantitative estimate of drug-likeness (QED) is 0.448. The van der Waals surface area contributed by atoms with Crippen molar-refractivity contribution in [2.45, 2.75) is 74.9 Å². The number of nitrogens with one attached hydrogen (secondary N) is 1. The van der Waals surface area contributed by atoms with Crippen molar-refractivity contribution in [3.8, 4) is 17.3 Å². The Hall–Kier alpha value is -2.55. The van der Waals surface area contributed by atoms with Gasteiger partial charge in [0.1, 0.15) is 23.6 Å². The Balaban J connectivity index is 1.23. The van der Waals surface area contributed by atoms with Crippen LogP contribution in [0.5, 0.6) is 6.01 Å². The molecule has 0 spiro atoms. The lowest BCUT2D eigenvalue weighted by Gasteiger charge is -2.34. The van der Waals surface area contributed by atoms with Crippen LogP contribution in [0.4, 0.5) is 10.2 Å². The van der Waals surface area contributed by atoms with E-state index in [1.165, 1.54) is 12.8 Å². The number of hydrogen-bond donors (Lipinski definition) is 1. The summed E-state index contributed by atoms with van der Waals surface area (Å²) in [6, 6.07) is 6.80. The van der Waals surface area contributed by atoms with Crippen LogP contribution in [0.15, 0.2) is 24.4 Å². The fraction of sp³-hybridized carbons (Fsp3) is 0.567. The Bertz CT molecular complexity index is 1420. The topological polar surface area (TPSA) is 66.4 Å². The summed E-state index contributed by atoms with van der Waals surface area (Å²) in [6.07, 6.45) is 10.9. The fourth-order valence-electron chi connectivity index (χ4n) is 7.68. The van der Waals surface area contributed by atoms with Gasteiger partial charge in [0.2, 0.25) is 0 Å². The molecule has 39 heavy (non-hydrogen) atoms. The Morgan fingerprint density at radius 1 is 1.05 bits per heavy atom. The first-order valence-corrected chi connectivity index (χ1v) is 15.0. The van der Waals surface area contributed by atoms with Crippen molar-refractivity contribution in [3.05, 3.63) is 40.8 Å². The Kier molecular flexibility index (Phi) is 5.75. The van der Waals surface area contributed by atoms with Gasteiger partial charge < -0.3 is 15.0 Å². The SMILES string of the molecule is Fc1c(-c2cccc(Cl)c2C2CC2)ncc2c(N3C[C@H]4CC[C@@H](C3)N4)nc(OCC34CCCN3CCC4)nc12. The predicted octanol–water partition coefficient (Wildman–Crippen LogP) is 5.31. The first-order valence-electron chi connectivity index (χ1n) is 14.6. The molecule has 6 heterocycles. The molecular weight excluding hydrogens is 515 g/mol. The smallest absolute Gasteiger partial charge is 0.319 e. The van der Waals surface area contributed by atoms with E-state index in [4.69, 9.17) is 26.3 Å². The predicted molar refractivity (Wildman–Crippen MR) is 150 cm³/mol. The maximum Gasteiger partial charge on any atom is 0.319 e. The van der Waals surface area contributed by atoms with Crippen LogP contribution in [0.25, 0.3) is 22.2 Å². The summed E-state index contributed by atoms with van der Waals surface area (Å²) in [7, 11) is 0. The molecule has 2 bridgehead atoms. The van der Waals surface area contributed by atoms with Crippen molar-refractivity contribution in [1.82, 2.24) is 25.2 Å². The molecule has 204 valence electrons. The Morgan fingerprint density at radius 3 is 2.56 bits per heavy atom. The molecule has 4 aliphatic heterocycles. The highest BCUT2D eigenvalue weighted by Gasteiger charge is 2.45. The number of anilines is 1. The number of piperazine rings is 1. The van der Waals surface area contributed by atoms with Crippen LogP contribution in [0, 0.1) is 5.82 Å². The monoisotopic (exact) mass is 548 g/mol. The van der Waals surface area contributed by atoms with Crippen molar-refractivity contribution < 1.29 is 9.13 Å². The van der Waals surface area contributed by atoms with E-state index in [1.807, 2.05) is 18.2 Å². The highest BCUT2D eigenvalue weighted by atomic mass is 35.5. The number of hydrogen-bond acceptors (Lipinski definition) is 7. The van der Waals surface area contributed by atoms with Gasteiger partial charge in [0.25, 0.3) is 0 Å². The fourth-order valence-corrected chi connectivity index (χ4v) is 8.00. The minimum absolute atomic E-state index is 0.0640. The number of pyridine rings is 1. The average Bonchev–Trinajstić information content (AvgIpc) is 3.44. The zero-order valence-electron chi connectivity index (χ0n) is 22.1. The molecule has 2 aromatic heterocycles. The average molecular weight is 549 g/mol. The normalized spacial score (nSPS) is 25.9. The minimum Gasteiger partial charge on any atom is -0.461 e. The van der Waals surface area contributed by atoms with Gasteiger partial charge in [-0.05, 0) is 82.0 Å². The minimum atomic E-state index is -0.426. The van der Waals surface area contributed by atoms with Crippen LogP contribution in [0.3, 0.4) is 0 Å². The number of benzene rings is 1. The molecule has 0 radical (unpaired) electrons. The Morgan fingerprint density at radius 2 is 1.82 bits per heavy atom. The molecule has 5 aliphatic rings. The molecule has 7 nitrogen and oxygen atoms in total. The standard InChI is InChI=1S/C30H34ClFN6O/c31-23-5-1-4-21(24(23)18-6-7-18)26-25(32)27-22(14-33-26)28(37-15-19-8-9-20(16-37)34-19)36-29(35-27)39-17-30-10-2-12-38(30)13-3-11-30/h1,4-5,14,18-20,34H,2-3,6-13,15-17H2/t19-,20+. The third-order valence-corrected chi connectivity index (χ3v) is 10.1. The van der Waals surface area contributed by atoms with E-state index in [-0.39, 0.29) is 17.1 Å². The van der Waals surface area contributed by atoms with E-state index < -0.39 is 5.82 Å². The summed E-state index contributed by atoms with van der Waals surface area (Å²) in [6.45, 7) is 4.48. The van der Waals surface area contributed by atoms with Gasteiger partial charge in [-0.15, -0.1) is 0 Å². The van der Waals surface area contributed by atoms with Gasteiger partial charge in [-0.3, -0.25) is 9.88 Å². The molecule has 1 N–H and O–H groups in total. The van der Waals surface area contributed by atoms with Crippen molar-refractivity contribution in [2.75, 3.05) is 37.7 Å². The van der Waals surface area contributed by atoms with Gasteiger partial charge >= 0.3 is 6.01 Å². The lowest BCUT2D eigenvalue weighted by atomic mass is 9.95. The van der Waals surface area contributed by atoms with Crippen LogP contribution < -0.4 is 15.0 Å². The van der Waals surface area contributed by atoms with E-state index in [0.29, 0.717) is 40.7 Å². The van der Waals surface area contributed by atoms with E-state index >= 15 is 4.39 Å². The van der Waals surface area contributed by atoms with Crippen LogP contribution >= 0.6 is 11.6 Å². The summed E-state index contributed by atoms with van der Waals surface area (Å²) < 4.78 is 22.9. The van der Waals surface area contributed by atoms with Crippen molar-refractivity contribution in [2.24, 2.45) is 0 Å². The van der Waals surface area contributed by atoms with E-state index in [2.05, 4.69) is 20.1 Å². The van der Waals surface area contributed by atoms with Crippen LogP contribution in [-0.2, 0) is 0 Å². The molecule has 9 heteroatoms. The number of halogens is 2. The number of fused-ring (bicyclic) bond motifs is 4. The highest BCUT2D eigenvalue weighted by molar-refractivity contribution is 6.31. The number of aromatic nitrogens is 3. The largest absolute Gasteiger partial charge is 0.461 e. The molecule has 0 unspecified atom stereocenters. The van der Waals surface area contributed by atoms with Gasteiger partial charge in [-0.25, -0.2) is 4.39 Å². The van der Waals surface area contributed by atoms with E-state index in [1.54, 1.807) is 6.20 Å². The molecule has 1 saturated carbocycles. The summed E-state index contributed by atoms with van der Waals surface area (Å²) in [5.74, 6) is 0.665. The van der Waals surface area contributed by atoms with Gasteiger partial charge in [0.05, 0.1) is 10.9 Å². The second-order valence-corrected chi connectivity index (χ2v) is 12.6. The number of ether oxygens (including phenoxy) is 1. The lowest BCUT2D eigenvalue weighted by Crippen LogP contribution is -2.51. The molecule has 4 saturated heterocycles. The van der Waals surface area contributed by atoms with Crippen LogP contribution in [-0.4, -0.2) is 70.3 Å². The van der Waals surface area contributed by atoms with Gasteiger partial charge in [0.15, 0.2) is 5.82 Å². The first kappa shape index (κ1) is 24.3. The van der Waals surface area contributed by atoms with Crippen molar-refractivity contribution >= 4 is 28.3 Å². The van der Waals surface area contributed by atoms with Gasteiger partial charge in [-0.2, -0.15) is 9.97 Å². The number of nitrogens with zero attached hydrogens (tertiary/aromatic N) is 5. The molecule has 5 fully saturated rings. The molecule has 2 atom stereocenters. The van der Waals surface area contributed by atoms with Crippen molar-refractivity contribution in [1.29, 1.82) is 0 Å². The Labute approximate surface area is 233 Å². The molecular formula is C30H34ClFN6O. The van der Waals surface area contributed by atoms with Crippen molar-refractivity contribution in [3.63, 3.8) is 0 Å². The molecule has 3 aromatic rings. The molecule has 0 amide bonds. The van der Waals surface area contributed by atoms with Gasteiger partial charge in [-0.1, -0.05) is 23.7 Å². The summed E-state index contributed by atoms with van der Waals surface area (Å²) in [5, 5.41) is 5.00. The van der Waals surface area contributed by atoms with E-state index in [9.17, 15) is 0 Å². The second-order valence-electron chi connectivity index (χ2n) is 12.2. The molecule has 1 aromatic carbocycles. The first-order chi connectivity index (χ1) is 19.1. The zero-order chi connectivity index (χ0) is 26.1. The number of rotatable bonds is 6. The molecule has 8 rings (SSSR count). The second kappa shape index (κ2) is 9.25. The maximum absolute atomic E-state index is 16.5. The summed E-state index contributed by atoms with van der Waals surface area (Å²) in [5.41, 5.74) is 2.41. The lowest BCUT2D eigenvalue weighted by molar-refractivity contribution is 0.108. The third kappa shape index (κ3) is 4.09. The zero-order valence-corrected chi connectivity index (χ0v) is 22.9. The van der Waals surface area contributed by atoms with Gasteiger partial charge in [0, 0.05) is 42.0 Å².